The summed E-state index contributed by atoms with van der Waals surface area (Å²) in [6, 6.07) is -0.407. The number of carbonyl (C=O) groups excluding carboxylic acids is 1. The van der Waals surface area contributed by atoms with Gasteiger partial charge < -0.3 is 10.3 Å². The van der Waals surface area contributed by atoms with Crippen molar-refractivity contribution in [3.05, 3.63) is 21.9 Å². The molecule has 0 aromatic carbocycles. The van der Waals surface area contributed by atoms with Crippen molar-refractivity contribution < 1.29 is 4.79 Å². The number of nitrogens with one attached hydrogen (secondary N) is 2. The van der Waals surface area contributed by atoms with Crippen molar-refractivity contribution in [3.8, 4) is 0 Å². The maximum atomic E-state index is 11.9. The highest BCUT2D eigenvalue weighted by atomic mass is 16.2. The lowest BCUT2D eigenvalue weighted by molar-refractivity contribution is -0.125. The van der Waals surface area contributed by atoms with Crippen molar-refractivity contribution in [3.63, 3.8) is 0 Å². The zero-order chi connectivity index (χ0) is 13.1. The Balaban J connectivity index is 2.04. The topological polar surface area (TPSA) is 87.7 Å². The molecule has 0 aliphatic heterocycles. The molecule has 1 heterocycles. The minimum absolute atomic E-state index is 0.0155. The second kappa shape index (κ2) is 5.29. The number of amides is 1. The molecular formula is C12H18N4O2. The molecule has 1 unspecified atom stereocenters. The first-order valence-corrected chi connectivity index (χ1v) is 6.32. The van der Waals surface area contributed by atoms with Gasteiger partial charge in [0.25, 0.3) is 5.56 Å². The van der Waals surface area contributed by atoms with Gasteiger partial charge in [0, 0.05) is 5.92 Å². The van der Waals surface area contributed by atoms with E-state index in [1.54, 1.807) is 13.8 Å². The Hall–Kier alpha value is -1.72. The zero-order valence-electron chi connectivity index (χ0n) is 10.7. The van der Waals surface area contributed by atoms with E-state index in [9.17, 15) is 9.59 Å². The summed E-state index contributed by atoms with van der Waals surface area (Å²) in [6.07, 6.45) is 4.09. The summed E-state index contributed by atoms with van der Waals surface area (Å²) < 4.78 is 0. The van der Waals surface area contributed by atoms with E-state index in [0.29, 0.717) is 5.82 Å². The monoisotopic (exact) mass is 250 g/mol. The number of hydrogen-bond acceptors (Lipinski definition) is 4. The highest BCUT2D eigenvalue weighted by molar-refractivity contribution is 5.79. The average molecular weight is 250 g/mol. The lowest BCUT2D eigenvalue weighted by Gasteiger charge is -2.15. The molecule has 1 atom stereocenters. The van der Waals surface area contributed by atoms with E-state index in [0.717, 1.165) is 25.7 Å². The highest BCUT2D eigenvalue weighted by Gasteiger charge is 2.25. The molecule has 6 heteroatoms. The summed E-state index contributed by atoms with van der Waals surface area (Å²) in [6.45, 7) is 3.42. The summed E-state index contributed by atoms with van der Waals surface area (Å²) in [4.78, 5) is 26.2. The number of rotatable bonds is 3. The molecule has 1 aliphatic rings. The van der Waals surface area contributed by atoms with Crippen molar-refractivity contribution in [1.82, 2.24) is 20.5 Å². The van der Waals surface area contributed by atoms with Crippen LogP contribution >= 0.6 is 0 Å². The quantitative estimate of drug-likeness (QED) is 0.832. The predicted octanol–water partition coefficient (Wildman–Crippen LogP) is 0.841. The summed E-state index contributed by atoms with van der Waals surface area (Å²) in [5.41, 5.74) is -0.0336. The number of hydrogen-bond donors (Lipinski definition) is 2. The average Bonchev–Trinajstić information content (AvgIpc) is 2.81. The lowest BCUT2D eigenvalue weighted by Crippen LogP contribution is -2.35. The molecule has 18 heavy (non-hydrogen) atoms. The normalized spacial score (nSPS) is 17.7. The van der Waals surface area contributed by atoms with Gasteiger partial charge in [-0.15, -0.1) is 10.2 Å². The van der Waals surface area contributed by atoms with Crippen LogP contribution in [0, 0.1) is 12.8 Å². The predicted molar refractivity (Wildman–Crippen MR) is 65.9 cm³/mol. The van der Waals surface area contributed by atoms with Gasteiger partial charge in [-0.3, -0.25) is 9.59 Å². The van der Waals surface area contributed by atoms with E-state index >= 15 is 0 Å². The van der Waals surface area contributed by atoms with Crippen molar-refractivity contribution in [1.29, 1.82) is 0 Å². The Morgan fingerprint density at radius 3 is 2.67 bits per heavy atom. The maximum Gasteiger partial charge on any atom is 0.275 e. The number of H-pyrrole nitrogens is 1. The van der Waals surface area contributed by atoms with Crippen LogP contribution in [0.1, 0.15) is 50.2 Å². The Labute approximate surface area is 105 Å². The second-order valence-corrected chi connectivity index (χ2v) is 4.84. The van der Waals surface area contributed by atoms with Gasteiger partial charge in [-0.25, -0.2) is 0 Å². The highest BCUT2D eigenvalue weighted by Crippen LogP contribution is 2.25. The second-order valence-electron chi connectivity index (χ2n) is 4.84. The third kappa shape index (κ3) is 2.75. The van der Waals surface area contributed by atoms with Crippen LogP contribution in [0.5, 0.6) is 0 Å². The van der Waals surface area contributed by atoms with Gasteiger partial charge in [-0.2, -0.15) is 0 Å². The molecule has 1 aliphatic carbocycles. The fourth-order valence-electron chi connectivity index (χ4n) is 2.30. The molecule has 0 saturated heterocycles. The van der Waals surface area contributed by atoms with Gasteiger partial charge in [0.05, 0.1) is 6.04 Å². The summed E-state index contributed by atoms with van der Waals surface area (Å²) in [5.74, 6) is 0.574. The molecule has 1 fully saturated rings. The first kappa shape index (κ1) is 12.7. The van der Waals surface area contributed by atoms with E-state index in [1.165, 1.54) is 0 Å². The van der Waals surface area contributed by atoms with Gasteiger partial charge in [-0.05, 0) is 26.7 Å². The first-order chi connectivity index (χ1) is 8.58. The molecule has 98 valence electrons. The number of aromatic amines is 1. The van der Waals surface area contributed by atoms with Gasteiger partial charge in [-0.1, -0.05) is 12.8 Å². The van der Waals surface area contributed by atoms with Gasteiger partial charge in [0.15, 0.2) is 0 Å². The molecule has 0 bridgehead atoms. The van der Waals surface area contributed by atoms with Crippen LogP contribution in [0.4, 0.5) is 0 Å². The minimum Gasteiger partial charge on any atom is -0.347 e. The number of nitrogens with zero attached hydrogens (tertiary/aromatic N) is 2. The zero-order valence-corrected chi connectivity index (χ0v) is 10.7. The standard InChI is InChI=1S/C12H18N4O2/c1-7(10-12(18)14-8(2)15-16-10)13-11(17)9-5-3-4-6-9/h7,9H,3-6H2,1-2H3,(H,13,17)(H,14,15,18). The first-order valence-electron chi connectivity index (χ1n) is 6.32. The minimum atomic E-state index is -0.407. The smallest absolute Gasteiger partial charge is 0.275 e. The molecule has 1 aromatic heterocycles. The lowest BCUT2D eigenvalue weighted by atomic mass is 10.1. The molecule has 2 rings (SSSR count). The number of carbonyl (C=O) groups is 1. The molecule has 1 aromatic rings. The third-order valence-electron chi connectivity index (χ3n) is 3.33. The fourth-order valence-corrected chi connectivity index (χ4v) is 2.30. The van der Waals surface area contributed by atoms with Crippen molar-refractivity contribution >= 4 is 5.91 Å². The Kier molecular flexibility index (Phi) is 3.74. The van der Waals surface area contributed by atoms with Crippen LogP contribution in [0.25, 0.3) is 0 Å². The van der Waals surface area contributed by atoms with E-state index in [1.807, 2.05) is 0 Å². The SMILES string of the molecule is Cc1nnc(C(C)NC(=O)C2CCCC2)c(=O)[nH]1. The van der Waals surface area contributed by atoms with Gasteiger partial charge in [0.1, 0.15) is 11.5 Å². The Morgan fingerprint density at radius 2 is 2.06 bits per heavy atom. The van der Waals surface area contributed by atoms with Crippen LogP contribution < -0.4 is 10.9 Å². The molecule has 1 saturated carbocycles. The largest absolute Gasteiger partial charge is 0.347 e. The summed E-state index contributed by atoms with van der Waals surface area (Å²) >= 11 is 0. The van der Waals surface area contributed by atoms with E-state index in [2.05, 4.69) is 20.5 Å². The van der Waals surface area contributed by atoms with E-state index < -0.39 is 6.04 Å². The Bertz CT molecular complexity index is 491. The van der Waals surface area contributed by atoms with E-state index in [-0.39, 0.29) is 23.1 Å². The molecule has 2 N–H and O–H groups in total. The maximum absolute atomic E-state index is 11.9. The summed E-state index contributed by atoms with van der Waals surface area (Å²) in [5, 5.41) is 10.5. The summed E-state index contributed by atoms with van der Waals surface area (Å²) in [7, 11) is 0. The van der Waals surface area contributed by atoms with Gasteiger partial charge >= 0.3 is 0 Å². The Morgan fingerprint density at radius 1 is 1.39 bits per heavy atom. The van der Waals surface area contributed by atoms with Crippen molar-refractivity contribution in [2.24, 2.45) is 5.92 Å². The number of aromatic nitrogens is 3. The molecule has 6 nitrogen and oxygen atoms in total. The van der Waals surface area contributed by atoms with Crippen LogP contribution in [0.2, 0.25) is 0 Å². The molecular weight excluding hydrogens is 232 g/mol. The fraction of sp³-hybridized carbons (Fsp3) is 0.667. The van der Waals surface area contributed by atoms with Gasteiger partial charge in [0.2, 0.25) is 5.91 Å². The molecule has 0 radical (unpaired) electrons. The molecule has 0 spiro atoms. The van der Waals surface area contributed by atoms with Crippen LogP contribution in [0.3, 0.4) is 0 Å². The van der Waals surface area contributed by atoms with Crippen molar-refractivity contribution in [2.75, 3.05) is 0 Å². The number of aryl methyl sites for hydroxylation is 1. The molecule has 1 amide bonds. The van der Waals surface area contributed by atoms with E-state index in [4.69, 9.17) is 0 Å². The third-order valence-corrected chi connectivity index (χ3v) is 3.33. The van der Waals surface area contributed by atoms with Crippen LogP contribution in [0.15, 0.2) is 4.79 Å². The van der Waals surface area contributed by atoms with Crippen LogP contribution in [-0.2, 0) is 4.79 Å². The van der Waals surface area contributed by atoms with Crippen molar-refractivity contribution in [2.45, 2.75) is 45.6 Å². The van der Waals surface area contributed by atoms with Crippen LogP contribution in [-0.4, -0.2) is 21.1 Å².